The Labute approximate surface area is 64.1 Å². The van der Waals surface area contributed by atoms with E-state index < -0.39 is 5.69 Å². The van der Waals surface area contributed by atoms with Gasteiger partial charge in [0.2, 0.25) is 0 Å². The van der Waals surface area contributed by atoms with Crippen molar-refractivity contribution in [3.05, 3.63) is 28.4 Å². The van der Waals surface area contributed by atoms with Crippen LogP contribution in [0.15, 0.2) is 17.1 Å². The van der Waals surface area contributed by atoms with Crippen molar-refractivity contribution >= 4 is 0 Å². The minimum Gasteiger partial charge on any atom is -0.347 e. The number of H-pyrrole nitrogens is 1. The molecule has 0 saturated carbocycles. The van der Waals surface area contributed by atoms with Gasteiger partial charge in [-0.1, -0.05) is 13.8 Å². The van der Waals surface area contributed by atoms with Crippen molar-refractivity contribution in [2.45, 2.75) is 19.8 Å². The molecule has 4 nitrogen and oxygen atoms in total. The van der Waals surface area contributed by atoms with E-state index in [1.165, 1.54) is 6.20 Å². The summed E-state index contributed by atoms with van der Waals surface area (Å²) in [5.41, 5.74) is 0.316. The summed E-state index contributed by atoms with van der Waals surface area (Å²) in [5, 5.41) is 8.80. The molecule has 1 aromatic heterocycles. The Morgan fingerprint density at radius 3 is 2.73 bits per heavy atom. The number of aromatic nitrogens is 2. The molecule has 1 heterocycles. The number of hydrogen-bond donors (Lipinski definition) is 2. The molecule has 0 aliphatic heterocycles. The van der Waals surface area contributed by atoms with Gasteiger partial charge in [0.15, 0.2) is 0 Å². The van der Waals surface area contributed by atoms with Crippen LogP contribution in [-0.2, 0) is 0 Å². The Hall–Kier alpha value is -1.32. The standard InChI is InChI=1S/C7H10N2O2/c1-5(2)6-3-4-9(11)7(10)8-6/h3-5,11H,1-2H3/p+1. The molecule has 0 bridgehead atoms. The minimum atomic E-state index is -0.504. The topological polar surface area (TPSA) is 57.0 Å². The highest BCUT2D eigenvalue weighted by Gasteiger charge is 2.07. The molecule has 60 valence electrons. The zero-order chi connectivity index (χ0) is 8.43. The molecule has 0 aliphatic carbocycles. The predicted molar refractivity (Wildman–Crippen MR) is 38.5 cm³/mol. The van der Waals surface area contributed by atoms with Crippen molar-refractivity contribution in [3.63, 3.8) is 0 Å². The lowest BCUT2D eigenvalue weighted by Crippen LogP contribution is -2.49. The monoisotopic (exact) mass is 155 g/mol. The maximum absolute atomic E-state index is 10.8. The molecule has 2 N–H and O–H groups in total. The molecule has 0 aromatic carbocycles. The average Bonchev–Trinajstić information content (AvgIpc) is 1.94. The van der Waals surface area contributed by atoms with E-state index in [1.54, 1.807) is 6.07 Å². The predicted octanol–water partition coefficient (Wildman–Crippen LogP) is 0.0231. The molecule has 0 fully saturated rings. The van der Waals surface area contributed by atoms with E-state index in [2.05, 4.69) is 4.98 Å². The second-order valence-electron chi connectivity index (χ2n) is 2.70. The van der Waals surface area contributed by atoms with Crippen LogP contribution >= 0.6 is 0 Å². The van der Waals surface area contributed by atoms with Gasteiger partial charge in [-0.2, -0.15) is 4.79 Å². The first-order valence-electron chi connectivity index (χ1n) is 3.45. The molecule has 0 radical (unpaired) electrons. The molecular formula is C7H11N2O2+. The van der Waals surface area contributed by atoms with Gasteiger partial charge in [-0.25, -0.2) is 4.98 Å². The summed E-state index contributed by atoms with van der Waals surface area (Å²) in [6, 6.07) is 1.67. The number of rotatable bonds is 1. The Kier molecular flexibility index (Phi) is 1.94. The third-order valence-electron chi connectivity index (χ3n) is 1.48. The highest BCUT2D eigenvalue weighted by atomic mass is 16.5. The zero-order valence-corrected chi connectivity index (χ0v) is 6.53. The lowest BCUT2D eigenvalue weighted by molar-refractivity contribution is -0.917. The lowest BCUT2D eigenvalue weighted by Gasteiger charge is -1.97. The van der Waals surface area contributed by atoms with E-state index in [1.807, 2.05) is 13.8 Å². The van der Waals surface area contributed by atoms with Gasteiger partial charge in [-0.15, -0.1) is 0 Å². The number of nitrogens with one attached hydrogen (secondary N) is 1. The number of aromatic amines is 1. The summed E-state index contributed by atoms with van der Waals surface area (Å²) in [4.78, 5) is 13.3. The smallest absolute Gasteiger partial charge is 0.347 e. The molecule has 4 heteroatoms. The fourth-order valence-electron chi connectivity index (χ4n) is 0.778. The van der Waals surface area contributed by atoms with Gasteiger partial charge in [0.05, 0.1) is 0 Å². The maximum Gasteiger partial charge on any atom is 0.534 e. The molecule has 0 saturated heterocycles. The van der Waals surface area contributed by atoms with E-state index in [9.17, 15) is 4.79 Å². The van der Waals surface area contributed by atoms with Gasteiger partial charge >= 0.3 is 5.69 Å². The van der Waals surface area contributed by atoms with Crippen LogP contribution in [0.4, 0.5) is 0 Å². The molecule has 0 aliphatic rings. The van der Waals surface area contributed by atoms with Crippen molar-refractivity contribution in [1.82, 2.24) is 4.98 Å². The number of nitrogens with zero attached hydrogens (tertiary/aromatic N) is 1. The molecular weight excluding hydrogens is 144 g/mol. The highest BCUT2D eigenvalue weighted by Crippen LogP contribution is 2.06. The van der Waals surface area contributed by atoms with Crippen molar-refractivity contribution in [1.29, 1.82) is 0 Å². The van der Waals surface area contributed by atoms with Gasteiger partial charge < -0.3 is 5.21 Å². The average molecular weight is 155 g/mol. The summed E-state index contributed by atoms with van der Waals surface area (Å²) < 4.78 is 0.520. The summed E-state index contributed by atoms with van der Waals surface area (Å²) in [6.45, 7) is 3.93. The minimum absolute atomic E-state index is 0.267. The van der Waals surface area contributed by atoms with Crippen molar-refractivity contribution in [3.8, 4) is 0 Å². The SMILES string of the molecule is CC(C)c1cc[n+](O)c(=O)[nH]1. The van der Waals surface area contributed by atoms with Crippen LogP contribution in [-0.4, -0.2) is 10.2 Å². The van der Waals surface area contributed by atoms with Crippen molar-refractivity contribution in [2.75, 3.05) is 0 Å². The first kappa shape index (κ1) is 7.78. The van der Waals surface area contributed by atoms with E-state index >= 15 is 0 Å². The third-order valence-corrected chi connectivity index (χ3v) is 1.48. The van der Waals surface area contributed by atoms with Gasteiger partial charge in [0.25, 0.3) is 0 Å². The van der Waals surface area contributed by atoms with E-state index in [0.717, 1.165) is 5.69 Å². The molecule has 0 atom stereocenters. The van der Waals surface area contributed by atoms with Gasteiger partial charge in [0.1, 0.15) is 11.9 Å². The normalized spacial score (nSPS) is 10.5. The molecule has 1 aromatic rings. The van der Waals surface area contributed by atoms with E-state index in [4.69, 9.17) is 5.21 Å². The molecule has 0 unspecified atom stereocenters. The van der Waals surface area contributed by atoms with E-state index in [-0.39, 0.29) is 5.92 Å². The zero-order valence-electron chi connectivity index (χ0n) is 6.53. The molecule has 1 rings (SSSR count). The fourth-order valence-corrected chi connectivity index (χ4v) is 0.778. The summed E-state index contributed by atoms with van der Waals surface area (Å²) in [5.74, 6) is 0.267. The Balaban J connectivity index is 3.16. The fraction of sp³-hybridized carbons (Fsp3) is 0.429. The second-order valence-corrected chi connectivity index (χ2v) is 2.70. The summed E-state index contributed by atoms with van der Waals surface area (Å²) in [7, 11) is 0. The number of hydrogen-bond acceptors (Lipinski definition) is 2. The van der Waals surface area contributed by atoms with E-state index in [0.29, 0.717) is 4.73 Å². The molecule has 0 spiro atoms. The summed E-state index contributed by atoms with van der Waals surface area (Å²) in [6.07, 6.45) is 1.33. The van der Waals surface area contributed by atoms with Gasteiger partial charge in [-0.3, -0.25) is 0 Å². The highest BCUT2D eigenvalue weighted by molar-refractivity contribution is 5.00. The first-order valence-corrected chi connectivity index (χ1v) is 3.45. The first-order chi connectivity index (χ1) is 5.11. The summed E-state index contributed by atoms with van der Waals surface area (Å²) >= 11 is 0. The Morgan fingerprint density at radius 2 is 2.27 bits per heavy atom. The van der Waals surface area contributed by atoms with Crippen molar-refractivity contribution in [2.24, 2.45) is 0 Å². The van der Waals surface area contributed by atoms with Crippen LogP contribution in [0.5, 0.6) is 0 Å². The van der Waals surface area contributed by atoms with Crippen LogP contribution < -0.4 is 10.4 Å². The molecule has 11 heavy (non-hydrogen) atoms. The lowest BCUT2D eigenvalue weighted by atomic mass is 10.1. The maximum atomic E-state index is 10.8. The quantitative estimate of drug-likeness (QED) is 0.444. The van der Waals surface area contributed by atoms with Crippen LogP contribution in [0.25, 0.3) is 0 Å². The van der Waals surface area contributed by atoms with Crippen molar-refractivity contribution < 1.29 is 9.94 Å². The third kappa shape index (κ3) is 1.58. The second kappa shape index (κ2) is 2.74. The largest absolute Gasteiger partial charge is 0.534 e. The van der Waals surface area contributed by atoms with Crippen LogP contribution in [0, 0.1) is 0 Å². The van der Waals surface area contributed by atoms with Crippen LogP contribution in [0.2, 0.25) is 0 Å². The molecule has 0 amide bonds. The van der Waals surface area contributed by atoms with Gasteiger partial charge in [-0.05, 0) is 4.73 Å². The Morgan fingerprint density at radius 1 is 1.64 bits per heavy atom. The van der Waals surface area contributed by atoms with Crippen LogP contribution in [0.3, 0.4) is 0 Å². The van der Waals surface area contributed by atoms with Crippen LogP contribution in [0.1, 0.15) is 25.5 Å². The van der Waals surface area contributed by atoms with Gasteiger partial charge in [0, 0.05) is 12.0 Å². The Bertz CT molecular complexity index is 304.